The highest BCUT2D eigenvalue weighted by Crippen LogP contribution is 2.50. The summed E-state index contributed by atoms with van der Waals surface area (Å²) in [6.07, 6.45) is 2.19. The van der Waals surface area contributed by atoms with E-state index in [2.05, 4.69) is 60.7 Å². The largest absolute Gasteiger partial charge is 0.134 e. The van der Waals surface area contributed by atoms with E-state index in [0.29, 0.717) is 0 Å². The van der Waals surface area contributed by atoms with Crippen molar-refractivity contribution < 1.29 is 0 Å². The van der Waals surface area contributed by atoms with E-state index in [1.807, 2.05) is 22.7 Å². The average molecular weight is 342 g/mol. The third-order valence-corrected chi connectivity index (χ3v) is 7.76. The lowest BCUT2D eigenvalue weighted by molar-refractivity contribution is 1.27. The van der Waals surface area contributed by atoms with Crippen molar-refractivity contribution in [1.82, 2.24) is 0 Å². The maximum atomic E-state index is 2.42. The normalized spacial score (nSPS) is 13.5. The van der Waals surface area contributed by atoms with Crippen molar-refractivity contribution in [1.29, 1.82) is 0 Å². The summed E-state index contributed by atoms with van der Waals surface area (Å²) in [6.45, 7) is 0. The Morgan fingerprint density at radius 1 is 0.542 bits per heavy atom. The van der Waals surface area contributed by atoms with Crippen LogP contribution in [0.25, 0.3) is 30.6 Å². The topological polar surface area (TPSA) is 0 Å². The fraction of sp³-hybridized carbons (Fsp3) is 0.0909. The number of hydrogen-bond donors (Lipinski definition) is 0. The highest BCUT2D eigenvalue weighted by atomic mass is 32.1. The molecule has 0 nitrogen and oxygen atoms in total. The molecule has 0 atom stereocenters. The van der Waals surface area contributed by atoms with Crippen LogP contribution in [0.1, 0.15) is 22.3 Å². The van der Waals surface area contributed by atoms with Gasteiger partial charge in [0.05, 0.1) is 0 Å². The first-order valence-corrected chi connectivity index (χ1v) is 9.92. The highest BCUT2D eigenvalue weighted by molar-refractivity contribution is 7.25. The van der Waals surface area contributed by atoms with Gasteiger partial charge >= 0.3 is 0 Å². The molecule has 2 aromatic carbocycles. The van der Waals surface area contributed by atoms with Gasteiger partial charge in [0.2, 0.25) is 0 Å². The van der Waals surface area contributed by atoms with Crippen LogP contribution >= 0.6 is 22.7 Å². The van der Waals surface area contributed by atoms with Crippen LogP contribution in [0, 0.1) is 0 Å². The molecule has 2 aliphatic carbocycles. The van der Waals surface area contributed by atoms with E-state index in [0.717, 1.165) is 12.8 Å². The van der Waals surface area contributed by atoms with Gasteiger partial charge < -0.3 is 0 Å². The van der Waals surface area contributed by atoms with Crippen LogP contribution in [0.4, 0.5) is 0 Å². The second kappa shape index (κ2) is 4.69. The van der Waals surface area contributed by atoms with E-state index in [1.54, 1.807) is 0 Å². The van der Waals surface area contributed by atoms with Crippen LogP contribution in [0.5, 0.6) is 0 Å². The van der Waals surface area contributed by atoms with Gasteiger partial charge in [0.1, 0.15) is 0 Å². The molecule has 2 aromatic heterocycles. The van der Waals surface area contributed by atoms with Gasteiger partial charge in [-0.25, -0.2) is 0 Å². The fourth-order valence-corrected chi connectivity index (χ4v) is 6.57. The smallest absolute Gasteiger partial charge is 0.0452 e. The third kappa shape index (κ3) is 1.73. The molecule has 0 aliphatic heterocycles. The summed E-state index contributed by atoms with van der Waals surface area (Å²) >= 11 is 3.93. The van der Waals surface area contributed by atoms with Crippen molar-refractivity contribution in [2.45, 2.75) is 12.8 Å². The lowest BCUT2D eigenvalue weighted by atomic mass is 10.1. The summed E-state index contributed by atoms with van der Waals surface area (Å²) in [7, 11) is 0. The Kier molecular flexibility index (Phi) is 2.57. The van der Waals surface area contributed by atoms with Crippen LogP contribution in [-0.4, -0.2) is 0 Å². The van der Waals surface area contributed by atoms with Crippen LogP contribution in [0.15, 0.2) is 60.7 Å². The number of benzene rings is 2. The van der Waals surface area contributed by atoms with E-state index in [9.17, 15) is 0 Å². The molecule has 0 bridgehead atoms. The Balaban J connectivity index is 1.46. The van der Waals surface area contributed by atoms with E-state index >= 15 is 0 Å². The van der Waals surface area contributed by atoms with Gasteiger partial charge in [-0.15, -0.1) is 22.7 Å². The van der Waals surface area contributed by atoms with Crippen molar-refractivity contribution in [2.24, 2.45) is 0 Å². The van der Waals surface area contributed by atoms with Crippen LogP contribution in [0.2, 0.25) is 0 Å². The zero-order chi connectivity index (χ0) is 15.7. The summed E-state index contributed by atoms with van der Waals surface area (Å²) in [4.78, 5) is 5.84. The molecule has 0 saturated heterocycles. The minimum absolute atomic E-state index is 1.09. The Morgan fingerprint density at radius 2 is 1.00 bits per heavy atom. The van der Waals surface area contributed by atoms with E-state index < -0.39 is 0 Å². The van der Waals surface area contributed by atoms with E-state index in [1.165, 1.54) is 52.9 Å². The van der Waals surface area contributed by atoms with Crippen LogP contribution < -0.4 is 0 Å². The van der Waals surface area contributed by atoms with Gasteiger partial charge in [0.25, 0.3) is 0 Å². The minimum atomic E-state index is 1.09. The van der Waals surface area contributed by atoms with Crippen LogP contribution in [0.3, 0.4) is 0 Å². The summed E-state index contributed by atoms with van der Waals surface area (Å²) < 4.78 is 0. The molecule has 0 amide bonds. The van der Waals surface area contributed by atoms with Crippen molar-refractivity contribution in [3.05, 3.63) is 82.9 Å². The van der Waals surface area contributed by atoms with Gasteiger partial charge in [0.15, 0.2) is 0 Å². The Morgan fingerprint density at radius 3 is 1.50 bits per heavy atom. The molecule has 2 aliphatic rings. The lowest BCUT2D eigenvalue weighted by Crippen LogP contribution is -1.79. The molecule has 2 heterocycles. The Hall–Kier alpha value is -2.16. The first kappa shape index (κ1) is 13.2. The van der Waals surface area contributed by atoms with Gasteiger partial charge in [-0.05, 0) is 58.4 Å². The maximum Gasteiger partial charge on any atom is 0.0452 e. The summed E-state index contributed by atoms with van der Waals surface area (Å²) in [5, 5.41) is 0. The third-order valence-electron chi connectivity index (χ3n) is 5.15. The predicted molar refractivity (Wildman–Crippen MR) is 104 cm³/mol. The monoisotopic (exact) mass is 342 g/mol. The molecular formula is C22H14S2. The molecule has 0 unspecified atom stereocenters. The Labute approximate surface area is 149 Å². The van der Waals surface area contributed by atoms with Crippen molar-refractivity contribution in [2.75, 3.05) is 0 Å². The highest BCUT2D eigenvalue weighted by Gasteiger charge is 2.25. The molecule has 4 aromatic rings. The first-order valence-electron chi connectivity index (χ1n) is 8.29. The maximum absolute atomic E-state index is 2.42. The quantitative estimate of drug-likeness (QED) is 0.315. The molecule has 0 N–H and O–H groups in total. The summed E-state index contributed by atoms with van der Waals surface area (Å²) in [6, 6.07) is 22.5. The van der Waals surface area contributed by atoms with Gasteiger partial charge in [0, 0.05) is 19.5 Å². The molecule has 114 valence electrons. The number of fused-ring (bicyclic) bond motifs is 6. The van der Waals surface area contributed by atoms with Gasteiger partial charge in [-0.3, -0.25) is 0 Å². The molecule has 6 rings (SSSR count). The Bertz CT molecular complexity index is 1020. The molecule has 24 heavy (non-hydrogen) atoms. The molecule has 2 heteroatoms. The summed E-state index contributed by atoms with van der Waals surface area (Å²) in [5.74, 6) is 0. The molecule has 0 fully saturated rings. The first-order chi connectivity index (χ1) is 11.9. The number of thiophene rings is 2. The SMILES string of the molecule is c1ccc2c(c1)Cc1cc(-c3cc4c(s3)-c3ccccc3C4)sc1-2. The minimum Gasteiger partial charge on any atom is -0.134 e. The zero-order valence-electron chi connectivity index (χ0n) is 13.0. The number of rotatable bonds is 1. The summed E-state index contributed by atoms with van der Waals surface area (Å²) in [5.41, 5.74) is 8.85. The van der Waals surface area contributed by atoms with Crippen molar-refractivity contribution in [3.63, 3.8) is 0 Å². The van der Waals surface area contributed by atoms with E-state index in [4.69, 9.17) is 0 Å². The fourth-order valence-electron chi connectivity index (χ4n) is 4.02. The van der Waals surface area contributed by atoms with Crippen molar-refractivity contribution >= 4 is 22.7 Å². The molecule has 0 spiro atoms. The van der Waals surface area contributed by atoms with Gasteiger partial charge in [-0.2, -0.15) is 0 Å². The molecule has 0 saturated carbocycles. The van der Waals surface area contributed by atoms with Crippen molar-refractivity contribution in [3.8, 4) is 30.6 Å². The second-order valence-electron chi connectivity index (χ2n) is 6.60. The zero-order valence-corrected chi connectivity index (χ0v) is 14.6. The second-order valence-corrected chi connectivity index (χ2v) is 8.70. The molecular weight excluding hydrogens is 328 g/mol. The van der Waals surface area contributed by atoms with Crippen LogP contribution in [-0.2, 0) is 12.8 Å². The predicted octanol–water partition coefficient (Wildman–Crippen LogP) is 6.62. The van der Waals surface area contributed by atoms with E-state index in [-0.39, 0.29) is 0 Å². The standard InChI is InChI=1S/C22H14S2/c1-3-7-17-13(5-1)9-15-11-19(23-21(15)17)20-12-16-10-14-6-2-4-8-18(14)22(16)24-20/h1-8,11-12H,9-10H2. The molecule has 0 radical (unpaired) electrons. The number of hydrogen-bond acceptors (Lipinski definition) is 2. The van der Waals surface area contributed by atoms with Gasteiger partial charge in [-0.1, -0.05) is 48.5 Å². The average Bonchev–Trinajstić information content (AvgIpc) is 3.31. The lowest BCUT2D eigenvalue weighted by Gasteiger charge is -1.99.